The Balaban J connectivity index is 1.49. The Labute approximate surface area is 172 Å². The lowest BCUT2D eigenvalue weighted by molar-refractivity contribution is -0.192. The minimum absolute atomic E-state index is 0.0243. The van der Waals surface area contributed by atoms with Gasteiger partial charge in [-0.1, -0.05) is 13.8 Å². The number of hydrogen-bond acceptors (Lipinski definition) is 4. The number of halogens is 1. The summed E-state index contributed by atoms with van der Waals surface area (Å²) < 4.78 is 12.2. The first-order valence-corrected chi connectivity index (χ1v) is 11.5. The lowest BCUT2D eigenvalue weighted by Crippen LogP contribution is -2.55. The van der Waals surface area contributed by atoms with E-state index in [1.165, 1.54) is 12.8 Å². The molecule has 28 heavy (non-hydrogen) atoms. The number of carbonyl (C=O) groups excluding carboxylic acids is 1. The van der Waals surface area contributed by atoms with Crippen LogP contribution in [-0.2, 0) is 19.1 Å². The number of carbonyl (C=O) groups is 2. The van der Waals surface area contributed by atoms with Crippen LogP contribution in [0.5, 0.6) is 0 Å². The zero-order valence-corrected chi connectivity index (χ0v) is 17.6. The van der Waals surface area contributed by atoms with Gasteiger partial charge in [-0.05, 0) is 62.2 Å². The number of carboxylic acids is 1. The van der Waals surface area contributed by atoms with E-state index in [0.29, 0.717) is 35.5 Å². The molecule has 8 unspecified atom stereocenters. The lowest BCUT2D eigenvalue weighted by Gasteiger charge is -2.50. The van der Waals surface area contributed by atoms with E-state index in [1.807, 2.05) is 0 Å². The van der Waals surface area contributed by atoms with Crippen LogP contribution in [0.2, 0.25) is 0 Å². The third kappa shape index (κ3) is 3.69. The summed E-state index contributed by atoms with van der Waals surface area (Å²) in [6, 6.07) is 0. The molecule has 2 saturated heterocycles. The highest BCUT2D eigenvalue weighted by molar-refractivity contribution is 6.20. The molecule has 4 fully saturated rings. The maximum atomic E-state index is 12.6. The Morgan fingerprint density at radius 3 is 2.46 bits per heavy atom. The maximum Gasteiger partial charge on any atom is 0.309 e. The van der Waals surface area contributed by atoms with Crippen LogP contribution >= 0.6 is 11.6 Å². The minimum atomic E-state index is -0.849. The molecule has 158 valence electrons. The number of carboxylic acid groups (broad SMARTS) is 1. The van der Waals surface area contributed by atoms with E-state index in [0.717, 1.165) is 25.9 Å². The second-order valence-corrected chi connectivity index (χ2v) is 10.3. The van der Waals surface area contributed by atoms with Crippen molar-refractivity contribution in [1.29, 1.82) is 0 Å². The summed E-state index contributed by atoms with van der Waals surface area (Å²) in [5.41, 5.74) is 0. The SMILES string of the molecule is CC1C(CCC(=O)O)C(=O)OC2C(C)C3OCC(C4CCC(Cl)CC4)C3CC12. The highest BCUT2D eigenvalue weighted by Crippen LogP contribution is 2.53. The first-order chi connectivity index (χ1) is 13.4. The third-order valence-corrected chi connectivity index (χ3v) is 8.73. The fourth-order valence-corrected chi connectivity index (χ4v) is 6.94. The molecule has 4 rings (SSSR count). The van der Waals surface area contributed by atoms with Gasteiger partial charge in [-0.25, -0.2) is 0 Å². The molecule has 0 aromatic heterocycles. The van der Waals surface area contributed by atoms with Crippen molar-refractivity contribution in [2.24, 2.45) is 41.4 Å². The molecule has 4 aliphatic rings. The minimum Gasteiger partial charge on any atom is -0.481 e. The van der Waals surface area contributed by atoms with Crippen molar-refractivity contribution < 1.29 is 24.2 Å². The number of alkyl halides is 1. The first-order valence-electron chi connectivity index (χ1n) is 11.0. The number of rotatable bonds is 4. The van der Waals surface area contributed by atoms with Crippen molar-refractivity contribution in [1.82, 2.24) is 0 Å². The average molecular weight is 413 g/mol. The van der Waals surface area contributed by atoms with Crippen LogP contribution in [0.15, 0.2) is 0 Å². The highest BCUT2D eigenvalue weighted by atomic mass is 35.5. The molecule has 6 heteroatoms. The van der Waals surface area contributed by atoms with E-state index in [2.05, 4.69) is 13.8 Å². The predicted octanol–water partition coefficient (Wildman–Crippen LogP) is 4.11. The van der Waals surface area contributed by atoms with Gasteiger partial charge < -0.3 is 14.6 Å². The van der Waals surface area contributed by atoms with Gasteiger partial charge in [0.1, 0.15) is 6.10 Å². The molecule has 0 bridgehead atoms. The van der Waals surface area contributed by atoms with Gasteiger partial charge in [0.15, 0.2) is 0 Å². The summed E-state index contributed by atoms with van der Waals surface area (Å²) in [7, 11) is 0. The van der Waals surface area contributed by atoms with Crippen LogP contribution < -0.4 is 0 Å². The second-order valence-electron chi connectivity index (χ2n) is 9.70. The van der Waals surface area contributed by atoms with E-state index in [-0.39, 0.29) is 42.4 Å². The average Bonchev–Trinajstić information content (AvgIpc) is 3.07. The van der Waals surface area contributed by atoms with E-state index < -0.39 is 5.97 Å². The summed E-state index contributed by atoms with van der Waals surface area (Å²) in [4.78, 5) is 23.6. The second kappa shape index (κ2) is 8.14. The van der Waals surface area contributed by atoms with Crippen LogP contribution in [0.1, 0.15) is 58.8 Å². The van der Waals surface area contributed by atoms with Crippen LogP contribution in [0.25, 0.3) is 0 Å². The molecule has 2 saturated carbocycles. The molecule has 0 spiro atoms. The molecule has 0 amide bonds. The van der Waals surface area contributed by atoms with Crippen molar-refractivity contribution in [3.8, 4) is 0 Å². The summed E-state index contributed by atoms with van der Waals surface area (Å²) >= 11 is 6.32. The van der Waals surface area contributed by atoms with Gasteiger partial charge in [0.05, 0.1) is 18.6 Å². The Morgan fingerprint density at radius 2 is 1.79 bits per heavy atom. The van der Waals surface area contributed by atoms with Gasteiger partial charge in [0.2, 0.25) is 0 Å². The lowest BCUT2D eigenvalue weighted by atomic mass is 9.60. The summed E-state index contributed by atoms with van der Waals surface area (Å²) in [6.45, 7) is 5.12. The van der Waals surface area contributed by atoms with Gasteiger partial charge in [-0.15, -0.1) is 11.6 Å². The van der Waals surface area contributed by atoms with Crippen molar-refractivity contribution in [2.45, 2.75) is 76.4 Å². The first kappa shape index (κ1) is 20.5. The normalized spacial score (nSPS) is 48.5. The Bertz CT molecular complexity index is 602. The molecule has 8 atom stereocenters. The van der Waals surface area contributed by atoms with Gasteiger partial charge in [-0.3, -0.25) is 9.59 Å². The molecule has 5 nitrogen and oxygen atoms in total. The van der Waals surface area contributed by atoms with Crippen LogP contribution in [0, 0.1) is 41.4 Å². The molecular weight excluding hydrogens is 380 g/mol. The molecule has 0 aromatic carbocycles. The summed E-state index contributed by atoms with van der Waals surface area (Å²) in [6.07, 6.45) is 6.11. The molecule has 2 aliphatic heterocycles. The maximum absolute atomic E-state index is 12.6. The summed E-state index contributed by atoms with van der Waals surface area (Å²) in [5.74, 6) is 1.10. The van der Waals surface area contributed by atoms with E-state index in [4.69, 9.17) is 26.2 Å². The number of hydrogen-bond donors (Lipinski definition) is 1. The fraction of sp³-hybridized carbons (Fsp3) is 0.909. The van der Waals surface area contributed by atoms with Gasteiger partial charge in [-0.2, -0.15) is 0 Å². The highest BCUT2D eigenvalue weighted by Gasteiger charge is 2.56. The van der Waals surface area contributed by atoms with E-state index >= 15 is 0 Å². The number of esters is 1. The zero-order valence-electron chi connectivity index (χ0n) is 16.9. The van der Waals surface area contributed by atoms with Crippen LogP contribution in [0.4, 0.5) is 0 Å². The van der Waals surface area contributed by atoms with Gasteiger partial charge >= 0.3 is 11.9 Å². The van der Waals surface area contributed by atoms with E-state index in [1.54, 1.807) is 0 Å². The Hall–Kier alpha value is -0.810. The largest absolute Gasteiger partial charge is 0.481 e. The van der Waals surface area contributed by atoms with Crippen LogP contribution in [0.3, 0.4) is 0 Å². The smallest absolute Gasteiger partial charge is 0.309 e. The molecule has 1 N–H and O–H groups in total. The number of ether oxygens (including phenoxy) is 2. The zero-order chi connectivity index (χ0) is 20.0. The third-order valence-electron chi connectivity index (χ3n) is 8.30. The van der Waals surface area contributed by atoms with Crippen molar-refractivity contribution in [3.63, 3.8) is 0 Å². The van der Waals surface area contributed by atoms with Crippen molar-refractivity contribution >= 4 is 23.5 Å². The number of aliphatic carboxylic acids is 1. The Kier molecular flexibility index (Phi) is 5.95. The molecule has 0 radical (unpaired) electrons. The molecular formula is C22H33ClO5. The van der Waals surface area contributed by atoms with Crippen molar-refractivity contribution in [3.05, 3.63) is 0 Å². The van der Waals surface area contributed by atoms with Gasteiger partial charge in [0, 0.05) is 23.6 Å². The topological polar surface area (TPSA) is 72.8 Å². The molecule has 0 aromatic rings. The monoisotopic (exact) mass is 412 g/mol. The summed E-state index contributed by atoms with van der Waals surface area (Å²) in [5, 5.41) is 9.36. The van der Waals surface area contributed by atoms with Gasteiger partial charge in [0.25, 0.3) is 0 Å². The number of fused-ring (bicyclic) bond motifs is 2. The van der Waals surface area contributed by atoms with Crippen molar-refractivity contribution in [2.75, 3.05) is 6.61 Å². The van der Waals surface area contributed by atoms with E-state index in [9.17, 15) is 9.59 Å². The fourth-order valence-electron chi connectivity index (χ4n) is 6.68. The Morgan fingerprint density at radius 1 is 1.07 bits per heavy atom. The molecule has 2 heterocycles. The predicted molar refractivity (Wildman–Crippen MR) is 105 cm³/mol. The standard InChI is InChI=1S/C22H33ClO5/c1-11-15(7-8-19(24)25)22(26)28-21-12(2)20-17(9-16(11)21)18(10-27-20)13-3-5-14(23)6-4-13/h11-18,20-21H,3-10H2,1-2H3,(H,24,25). The van der Waals surface area contributed by atoms with Crippen LogP contribution in [-0.4, -0.2) is 41.2 Å². The quantitative estimate of drug-likeness (QED) is 0.555. The molecule has 2 aliphatic carbocycles.